The van der Waals surface area contributed by atoms with E-state index in [1.807, 2.05) is 0 Å². The molecule has 0 amide bonds. The number of carboxylic acid groups (broad SMARTS) is 1. The predicted octanol–water partition coefficient (Wildman–Crippen LogP) is 2.38. The van der Waals surface area contributed by atoms with Gasteiger partial charge in [0.05, 0.1) is 11.3 Å². The van der Waals surface area contributed by atoms with Crippen LogP contribution >= 0.6 is 0 Å². The van der Waals surface area contributed by atoms with Crippen molar-refractivity contribution in [2.45, 2.75) is 38.4 Å². The van der Waals surface area contributed by atoms with E-state index < -0.39 is 16.0 Å². The van der Waals surface area contributed by atoms with Crippen molar-refractivity contribution in [2.75, 3.05) is 6.54 Å². The smallest absolute Gasteiger partial charge is 0.335 e. The van der Waals surface area contributed by atoms with Crippen molar-refractivity contribution in [3.05, 3.63) is 35.4 Å². The molecule has 21 heavy (non-hydrogen) atoms. The Morgan fingerprint density at radius 3 is 2.33 bits per heavy atom. The second kappa shape index (κ2) is 6.15. The zero-order chi connectivity index (χ0) is 15.5. The summed E-state index contributed by atoms with van der Waals surface area (Å²) in [7, 11) is -3.39. The average Bonchev–Trinajstić information content (AvgIpc) is 2.85. The third kappa shape index (κ3) is 4.54. The topological polar surface area (TPSA) is 83.5 Å². The number of hydrogen-bond donors (Lipinski definition) is 2. The lowest BCUT2D eigenvalue weighted by Gasteiger charge is -2.23. The largest absolute Gasteiger partial charge is 0.478 e. The molecule has 0 unspecified atom stereocenters. The Hall–Kier alpha value is -1.40. The quantitative estimate of drug-likeness (QED) is 0.845. The minimum Gasteiger partial charge on any atom is -0.478 e. The van der Waals surface area contributed by atoms with E-state index in [9.17, 15) is 13.2 Å². The van der Waals surface area contributed by atoms with E-state index in [1.165, 1.54) is 12.1 Å². The van der Waals surface area contributed by atoms with Crippen molar-refractivity contribution < 1.29 is 18.3 Å². The van der Waals surface area contributed by atoms with Gasteiger partial charge >= 0.3 is 5.97 Å². The number of nitrogens with one attached hydrogen (secondary N) is 1. The molecule has 0 bridgehead atoms. The molecule has 1 aromatic carbocycles. The van der Waals surface area contributed by atoms with E-state index in [0.29, 0.717) is 12.1 Å². The van der Waals surface area contributed by atoms with Gasteiger partial charge in [-0.15, -0.1) is 0 Å². The first-order valence-electron chi connectivity index (χ1n) is 7.09. The lowest BCUT2D eigenvalue weighted by Crippen LogP contribution is -2.34. The van der Waals surface area contributed by atoms with E-state index >= 15 is 0 Å². The highest BCUT2D eigenvalue weighted by molar-refractivity contribution is 7.88. The number of carbonyl (C=O) groups is 1. The first kappa shape index (κ1) is 16.0. The maximum Gasteiger partial charge on any atom is 0.335 e. The van der Waals surface area contributed by atoms with Crippen LogP contribution < -0.4 is 4.72 Å². The Bertz CT molecular complexity index is 601. The van der Waals surface area contributed by atoms with Gasteiger partial charge in [-0.25, -0.2) is 17.9 Å². The van der Waals surface area contributed by atoms with Gasteiger partial charge in [0.25, 0.3) is 0 Å². The second-order valence-electron chi connectivity index (χ2n) is 6.10. The van der Waals surface area contributed by atoms with Crippen LogP contribution in [0.3, 0.4) is 0 Å². The average molecular weight is 311 g/mol. The molecule has 0 aromatic heterocycles. The van der Waals surface area contributed by atoms with E-state index in [-0.39, 0.29) is 16.7 Å². The Morgan fingerprint density at radius 1 is 1.24 bits per heavy atom. The van der Waals surface area contributed by atoms with Crippen molar-refractivity contribution >= 4 is 16.0 Å². The fraction of sp³-hybridized carbons (Fsp3) is 0.533. The Labute approximate surface area is 125 Å². The number of hydrogen-bond acceptors (Lipinski definition) is 3. The van der Waals surface area contributed by atoms with Crippen molar-refractivity contribution in [3.63, 3.8) is 0 Å². The van der Waals surface area contributed by atoms with Gasteiger partial charge in [0.2, 0.25) is 10.0 Å². The van der Waals surface area contributed by atoms with Crippen LogP contribution in [-0.4, -0.2) is 26.0 Å². The Kier molecular flexibility index (Phi) is 4.68. The molecule has 5 nitrogen and oxygen atoms in total. The highest BCUT2D eigenvalue weighted by Crippen LogP contribution is 2.36. The molecule has 0 aliphatic heterocycles. The number of rotatable bonds is 6. The predicted molar refractivity (Wildman–Crippen MR) is 80.6 cm³/mol. The molecule has 0 atom stereocenters. The maximum atomic E-state index is 12.1. The molecule has 1 aliphatic rings. The molecule has 0 saturated heterocycles. The van der Waals surface area contributed by atoms with Gasteiger partial charge in [0.15, 0.2) is 0 Å². The summed E-state index contributed by atoms with van der Waals surface area (Å²) in [5.41, 5.74) is 0.812. The summed E-state index contributed by atoms with van der Waals surface area (Å²) in [6.07, 6.45) is 4.44. The maximum absolute atomic E-state index is 12.1. The van der Waals surface area contributed by atoms with Gasteiger partial charge in [0.1, 0.15) is 0 Å². The van der Waals surface area contributed by atoms with Gasteiger partial charge in [-0.1, -0.05) is 31.9 Å². The summed E-state index contributed by atoms with van der Waals surface area (Å²) in [5, 5.41) is 8.81. The number of carboxylic acids is 1. The Balaban J connectivity index is 1.95. The summed E-state index contributed by atoms with van der Waals surface area (Å²) in [4.78, 5) is 10.8. The number of aromatic carboxylic acids is 1. The van der Waals surface area contributed by atoms with E-state index in [1.54, 1.807) is 12.1 Å². The lowest BCUT2D eigenvalue weighted by atomic mass is 9.89. The first-order chi connectivity index (χ1) is 9.80. The van der Waals surface area contributed by atoms with Crippen LogP contribution in [0.4, 0.5) is 0 Å². The van der Waals surface area contributed by atoms with Gasteiger partial charge in [-0.05, 0) is 36.0 Å². The number of sulfonamides is 1. The zero-order valence-electron chi connectivity index (χ0n) is 12.1. The van der Waals surface area contributed by atoms with Crippen LogP contribution in [0.15, 0.2) is 24.3 Å². The van der Waals surface area contributed by atoms with Crippen molar-refractivity contribution in [1.82, 2.24) is 4.72 Å². The van der Waals surface area contributed by atoms with Gasteiger partial charge in [0, 0.05) is 6.54 Å². The van der Waals surface area contributed by atoms with Gasteiger partial charge in [-0.2, -0.15) is 0 Å². The fourth-order valence-electron chi connectivity index (χ4n) is 2.70. The van der Waals surface area contributed by atoms with Crippen molar-refractivity contribution in [2.24, 2.45) is 5.41 Å². The Morgan fingerprint density at radius 2 is 1.81 bits per heavy atom. The van der Waals surface area contributed by atoms with E-state index in [0.717, 1.165) is 25.7 Å². The van der Waals surface area contributed by atoms with Gasteiger partial charge in [-0.3, -0.25) is 0 Å². The van der Waals surface area contributed by atoms with Crippen molar-refractivity contribution in [3.8, 4) is 0 Å². The summed E-state index contributed by atoms with van der Waals surface area (Å²) in [6, 6.07) is 5.93. The normalized spacial score (nSPS) is 17.8. The fourth-order valence-corrected chi connectivity index (χ4v) is 4.01. The van der Waals surface area contributed by atoms with Crippen LogP contribution in [0, 0.1) is 5.41 Å². The third-order valence-corrected chi connectivity index (χ3v) is 5.38. The SMILES string of the molecule is CC1(CNS(=O)(=O)Cc2ccc(C(=O)O)cc2)CCCC1. The lowest BCUT2D eigenvalue weighted by molar-refractivity contribution is 0.0697. The summed E-state index contributed by atoms with van der Waals surface area (Å²) in [6.45, 7) is 2.59. The van der Waals surface area contributed by atoms with Crippen LogP contribution in [0.1, 0.15) is 48.5 Å². The minimum absolute atomic E-state index is 0.0697. The zero-order valence-corrected chi connectivity index (χ0v) is 12.9. The molecule has 1 aromatic rings. The molecule has 116 valence electrons. The highest BCUT2D eigenvalue weighted by atomic mass is 32.2. The molecule has 2 N–H and O–H groups in total. The van der Waals surface area contributed by atoms with Crippen molar-refractivity contribution in [1.29, 1.82) is 0 Å². The van der Waals surface area contributed by atoms with Crippen LogP contribution in [-0.2, 0) is 15.8 Å². The summed E-state index contributed by atoms with van der Waals surface area (Å²) in [5.74, 6) is -1.14. The van der Waals surface area contributed by atoms with Crippen LogP contribution in [0.2, 0.25) is 0 Å². The summed E-state index contributed by atoms with van der Waals surface area (Å²) >= 11 is 0. The summed E-state index contributed by atoms with van der Waals surface area (Å²) < 4.78 is 26.9. The molecular formula is C15H21NO4S. The molecule has 1 fully saturated rings. The molecule has 2 rings (SSSR count). The molecule has 1 aliphatic carbocycles. The third-order valence-electron chi connectivity index (χ3n) is 4.09. The molecule has 1 saturated carbocycles. The monoisotopic (exact) mass is 311 g/mol. The van der Waals surface area contributed by atoms with Crippen LogP contribution in [0.25, 0.3) is 0 Å². The van der Waals surface area contributed by atoms with E-state index in [4.69, 9.17) is 5.11 Å². The molecule has 6 heteroatoms. The molecular weight excluding hydrogens is 290 g/mol. The van der Waals surface area contributed by atoms with Gasteiger partial charge < -0.3 is 5.11 Å². The molecule has 0 heterocycles. The van der Waals surface area contributed by atoms with Crippen LogP contribution in [0.5, 0.6) is 0 Å². The molecule has 0 spiro atoms. The highest BCUT2D eigenvalue weighted by Gasteiger charge is 2.29. The first-order valence-corrected chi connectivity index (χ1v) is 8.75. The minimum atomic E-state index is -3.39. The second-order valence-corrected chi connectivity index (χ2v) is 7.91. The number of benzene rings is 1. The standard InChI is InChI=1S/C15H21NO4S/c1-15(8-2-3-9-15)11-16-21(19,20)10-12-4-6-13(7-5-12)14(17)18/h4-7,16H,2-3,8-11H2,1H3,(H,17,18). The van der Waals surface area contributed by atoms with E-state index in [2.05, 4.69) is 11.6 Å². The molecule has 0 radical (unpaired) electrons.